The smallest absolute Gasteiger partial charge is 0.192 e. The van der Waals surface area contributed by atoms with Crippen LogP contribution >= 0.6 is 0 Å². The van der Waals surface area contributed by atoms with Crippen LogP contribution in [0.4, 0.5) is 0 Å². The summed E-state index contributed by atoms with van der Waals surface area (Å²) in [5.41, 5.74) is 9.26. The van der Waals surface area contributed by atoms with Crippen LogP contribution in [0, 0.1) is 5.92 Å². The van der Waals surface area contributed by atoms with Crippen molar-refractivity contribution in [3.05, 3.63) is 35.4 Å². The van der Waals surface area contributed by atoms with Crippen molar-refractivity contribution in [1.82, 2.24) is 4.90 Å². The van der Waals surface area contributed by atoms with Gasteiger partial charge >= 0.3 is 0 Å². The molecule has 1 spiro atoms. The van der Waals surface area contributed by atoms with Gasteiger partial charge in [-0.2, -0.15) is 0 Å². The molecule has 2 aliphatic carbocycles. The van der Waals surface area contributed by atoms with Crippen molar-refractivity contribution in [2.45, 2.75) is 44.1 Å². The highest BCUT2D eigenvalue weighted by atomic mass is 15.4. The first-order chi connectivity index (χ1) is 9.71. The number of benzene rings is 1. The molecular weight excluding hydrogens is 246 g/mol. The minimum Gasteiger partial charge on any atom is -0.370 e. The van der Waals surface area contributed by atoms with Crippen LogP contribution < -0.4 is 5.73 Å². The standard InChI is InChI=1S/C17H23N3/c1-12-8-9-17(15-5-3-2-4-14(12)15)11-19-16(18)20(17)10-13-6-7-13/h2-5,12-13H,6-11H2,1H3,(H2,18,19). The summed E-state index contributed by atoms with van der Waals surface area (Å²) in [6, 6.07) is 8.94. The van der Waals surface area contributed by atoms with E-state index in [2.05, 4.69) is 41.1 Å². The number of fused-ring (bicyclic) bond motifs is 2. The number of hydrogen-bond acceptors (Lipinski definition) is 3. The largest absolute Gasteiger partial charge is 0.370 e. The SMILES string of the molecule is CC1CCC2(CN=C(N)N2CC2CC2)c2ccccc21. The van der Waals surface area contributed by atoms with E-state index in [9.17, 15) is 0 Å². The van der Waals surface area contributed by atoms with Gasteiger partial charge in [0.05, 0.1) is 12.1 Å². The Morgan fingerprint density at radius 1 is 1.30 bits per heavy atom. The van der Waals surface area contributed by atoms with E-state index in [1.54, 1.807) is 0 Å². The van der Waals surface area contributed by atoms with Gasteiger partial charge in [-0.3, -0.25) is 4.99 Å². The Balaban J connectivity index is 1.78. The highest BCUT2D eigenvalue weighted by Crippen LogP contribution is 2.48. The van der Waals surface area contributed by atoms with Gasteiger partial charge in [-0.25, -0.2) is 0 Å². The van der Waals surface area contributed by atoms with Gasteiger partial charge in [-0.1, -0.05) is 31.2 Å². The lowest BCUT2D eigenvalue weighted by Crippen LogP contribution is -2.52. The maximum absolute atomic E-state index is 6.23. The first-order valence-corrected chi connectivity index (χ1v) is 7.88. The summed E-state index contributed by atoms with van der Waals surface area (Å²) in [5, 5.41) is 0. The molecule has 2 N–H and O–H groups in total. The molecule has 1 aliphatic heterocycles. The van der Waals surface area contributed by atoms with Gasteiger partial charge in [-0.05, 0) is 48.6 Å². The Labute approximate surface area is 120 Å². The average Bonchev–Trinajstić information content (AvgIpc) is 3.24. The maximum Gasteiger partial charge on any atom is 0.192 e. The zero-order valence-corrected chi connectivity index (χ0v) is 12.2. The molecule has 20 heavy (non-hydrogen) atoms. The molecule has 1 fully saturated rings. The predicted octanol–water partition coefficient (Wildman–Crippen LogP) is 2.82. The lowest BCUT2D eigenvalue weighted by Gasteiger charge is -2.45. The fourth-order valence-corrected chi connectivity index (χ4v) is 3.97. The third kappa shape index (κ3) is 1.68. The van der Waals surface area contributed by atoms with E-state index < -0.39 is 0 Å². The second kappa shape index (κ2) is 4.24. The van der Waals surface area contributed by atoms with Gasteiger partial charge < -0.3 is 10.6 Å². The molecule has 2 atom stereocenters. The number of aliphatic imine (C=N–C) groups is 1. The third-order valence-corrected chi connectivity index (χ3v) is 5.42. The molecule has 106 valence electrons. The zero-order chi connectivity index (χ0) is 13.7. The van der Waals surface area contributed by atoms with E-state index in [-0.39, 0.29) is 5.54 Å². The lowest BCUT2D eigenvalue weighted by atomic mass is 9.72. The van der Waals surface area contributed by atoms with E-state index in [4.69, 9.17) is 5.73 Å². The van der Waals surface area contributed by atoms with Crippen molar-refractivity contribution in [2.75, 3.05) is 13.1 Å². The molecule has 3 nitrogen and oxygen atoms in total. The van der Waals surface area contributed by atoms with Gasteiger partial charge in [0.15, 0.2) is 5.96 Å². The molecule has 0 radical (unpaired) electrons. The maximum atomic E-state index is 6.23. The van der Waals surface area contributed by atoms with Crippen LogP contribution in [0.2, 0.25) is 0 Å². The molecule has 2 unspecified atom stereocenters. The molecule has 1 aromatic carbocycles. The second-order valence-corrected chi connectivity index (χ2v) is 6.79. The Morgan fingerprint density at radius 3 is 2.90 bits per heavy atom. The molecule has 1 heterocycles. The normalized spacial score (nSPS) is 32.4. The number of nitrogens with two attached hydrogens (primary N) is 1. The summed E-state index contributed by atoms with van der Waals surface area (Å²) in [5.74, 6) is 2.26. The Kier molecular flexibility index (Phi) is 2.60. The second-order valence-electron chi connectivity index (χ2n) is 6.79. The van der Waals surface area contributed by atoms with Crippen molar-refractivity contribution in [3.8, 4) is 0 Å². The topological polar surface area (TPSA) is 41.6 Å². The fourth-order valence-electron chi connectivity index (χ4n) is 3.97. The molecule has 0 amide bonds. The van der Waals surface area contributed by atoms with E-state index in [1.807, 2.05) is 0 Å². The van der Waals surface area contributed by atoms with Crippen molar-refractivity contribution >= 4 is 5.96 Å². The molecule has 1 aromatic rings. The van der Waals surface area contributed by atoms with Gasteiger partial charge in [0.1, 0.15) is 0 Å². The monoisotopic (exact) mass is 269 g/mol. The van der Waals surface area contributed by atoms with Crippen LogP contribution in [0.15, 0.2) is 29.3 Å². The Hall–Kier alpha value is -1.51. The van der Waals surface area contributed by atoms with E-state index in [1.165, 1.54) is 36.8 Å². The highest BCUT2D eigenvalue weighted by molar-refractivity contribution is 5.81. The van der Waals surface area contributed by atoms with Crippen LogP contribution in [-0.2, 0) is 5.54 Å². The van der Waals surface area contributed by atoms with Crippen LogP contribution in [0.5, 0.6) is 0 Å². The van der Waals surface area contributed by atoms with Gasteiger partial charge in [0.2, 0.25) is 0 Å². The van der Waals surface area contributed by atoms with Crippen LogP contribution in [0.3, 0.4) is 0 Å². The van der Waals surface area contributed by atoms with Crippen LogP contribution in [0.1, 0.15) is 49.7 Å². The molecular formula is C17H23N3. The fraction of sp³-hybridized carbons (Fsp3) is 0.588. The lowest BCUT2D eigenvalue weighted by molar-refractivity contribution is 0.161. The summed E-state index contributed by atoms with van der Waals surface area (Å²) in [6.45, 7) is 4.28. The summed E-state index contributed by atoms with van der Waals surface area (Å²) in [4.78, 5) is 7.05. The van der Waals surface area contributed by atoms with Crippen molar-refractivity contribution in [2.24, 2.45) is 16.6 Å². The van der Waals surface area contributed by atoms with Gasteiger partial charge in [0.25, 0.3) is 0 Å². The van der Waals surface area contributed by atoms with Gasteiger partial charge in [-0.15, -0.1) is 0 Å². The Morgan fingerprint density at radius 2 is 2.10 bits per heavy atom. The molecule has 0 saturated heterocycles. The third-order valence-electron chi connectivity index (χ3n) is 5.42. The Bertz CT molecular complexity index is 561. The van der Waals surface area contributed by atoms with E-state index in [0.717, 1.165) is 25.0 Å². The first kappa shape index (κ1) is 12.2. The van der Waals surface area contributed by atoms with Gasteiger partial charge in [0, 0.05) is 6.54 Å². The predicted molar refractivity (Wildman–Crippen MR) is 81.7 cm³/mol. The van der Waals surface area contributed by atoms with E-state index in [0.29, 0.717) is 5.92 Å². The average molecular weight is 269 g/mol. The minimum absolute atomic E-state index is 0.0514. The number of rotatable bonds is 2. The number of nitrogens with zero attached hydrogens (tertiary/aromatic N) is 2. The minimum atomic E-state index is 0.0514. The molecule has 3 heteroatoms. The summed E-state index contributed by atoms with van der Waals surface area (Å²) in [7, 11) is 0. The zero-order valence-electron chi connectivity index (χ0n) is 12.2. The van der Waals surface area contributed by atoms with Crippen molar-refractivity contribution < 1.29 is 0 Å². The molecule has 4 rings (SSSR count). The van der Waals surface area contributed by atoms with Crippen LogP contribution in [0.25, 0.3) is 0 Å². The summed E-state index contributed by atoms with van der Waals surface area (Å²) < 4.78 is 0. The quantitative estimate of drug-likeness (QED) is 0.897. The van der Waals surface area contributed by atoms with Crippen molar-refractivity contribution in [3.63, 3.8) is 0 Å². The number of hydrogen-bond donors (Lipinski definition) is 1. The highest BCUT2D eigenvalue weighted by Gasteiger charge is 2.48. The molecule has 3 aliphatic rings. The number of guanidine groups is 1. The van der Waals surface area contributed by atoms with Crippen LogP contribution in [-0.4, -0.2) is 23.9 Å². The summed E-state index contributed by atoms with van der Waals surface area (Å²) in [6.07, 6.45) is 5.14. The molecule has 0 aromatic heterocycles. The first-order valence-electron chi connectivity index (χ1n) is 7.88. The molecule has 0 bridgehead atoms. The van der Waals surface area contributed by atoms with Crippen molar-refractivity contribution in [1.29, 1.82) is 0 Å². The summed E-state index contributed by atoms with van der Waals surface area (Å²) >= 11 is 0. The van der Waals surface area contributed by atoms with E-state index >= 15 is 0 Å². The molecule has 1 saturated carbocycles.